The highest BCUT2D eigenvalue weighted by molar-refractivity contribution is 7.90. The summed E-state index contributed by atoms with van der Waals surface area (Å²) < 4.78 is 62.4. The predicted molar refractivity (Wildman–Crippen MR) is 52.7 cm³/mol. The number of carbonyl (C=O) groups excluding carboxylic acids is 1. The van der Waals surface area contributed by atoms with Crippen LogP contribution < -0.4 is 0 Å². The molecule has 0 amide bonds. The van der Waals surface area contributed by atoms with Crippen LogP contribution in [0.15, 0.2) is 23.1 Å². The molecule has 7 heteroatoms. The van der Waals surface area contributed by atoms with Crippen molar-refractivity contribution in [3.05, 3.63) is 29.3 Å². The van der Waals surface area contributed by atoms with Gasteiger partial charge in [-0.05, 0) is 6.07 Å². The topological polar surface area (TPSA) is 51.2 Å². The number of hydrogen-bond donors (Lipinski definition) is 0. The van der Waals surface area contributed by atoms with Gasteiger partial charge in [0.15, 0.2) is 16.0 Å². The van der Waals surface area contributed by atoms with Crippen molar-refractivity contribution in [2.45, 2.75) is 17.0 Å². The van der Waals surface area contributed by atoms with Gasteiger partial charge in [-0.3, -0.25) is 4.79 Å². The summed E-state index contributed by atoms with van der Waals surface area (Å²) in [6, 6.07) is 3.14. The Kier molecular flexibility index (Phi) is 2.36. The van der Waals surface area contributed by atoms with Gasteiger partial charge in [0.2, 0.25) is 5.78 Å². The van der Waals surface area contributed by atoms with Gasteiger partial charge in [0.1, 0.15) is 0 Å². The van der Waals surface area contributed by atoms with Gasteiger partial charge < -0.3 is 0 Å². The molecular weight excluding hydrogens is 257 g/mol. The van der Waals surface area contributed by atoms with Crippen LogP contribution in [0.25, 0.3) is 0 Å². The van der Waals surface area contributed by atoms with Crippen molar-refractivity contribution in [3.63, 3.8) is 0 Å². The average Bonchev–Trinajstić information content (AvgIpc) is 2.39. The maximum Gasteiger partial charge on any atom is 0.344 e. The molecule has 1 aromatic carbocycles. The number of halogens is 3. The van der Waals surface area contributed by atoms with Gasteiger partial charge in [-0.15, -0.1) is 0 Å². The molecule has 0 heterocycles. The van der Waals surface area contributed by atoms with Crippen molar-refractivity contribution in [2.75, 3.05) is 6.26 Å². The first kappa shape index (κ1) is 12.1. The number of benzene rings is 1. The molecule has 0 aromatic heterocycles. The van der Waals surface area contributed by atoms with E-state index in [1.165, 1.54) is 0 Å². The molecule has 3 nitrogen and oxygen atoms in total. The van der Waals surface area contributed by atoms with Crippen molar-refractivity contribution < 1.29 is 26.4 Å². The van der Waals surface area contributed by atoms with Crippen molar-refractivity contribution >= 4 is 15.6 Å². The van der Waals surface area contributed by atoms with Gasteiger partial charge in [0.25, 0.3) is 0 Å². The molecule has 0 N–H and O–H groups in total. The van der Waals surface area contributed by atoms with E-state index in [4.69, 9.17) is 0 Å². The van der Waals surface area contributed by atoms with E-state index in [-0.39, 0.29) is 0 Å². The Labute approximate surface area is 95.2 Å². The van der Waals surface area contributed by atoms with Crippen LogP contribution in [0.4, 0.5) is 13.2 Å². The first-order chi connectivity index (χ1) is 7.67. The molecule has 0 fully saturated rings. The zero-order valence-electron chi connectivity index (χ0n) is 8.58. The molecular formula is C10H7F3O3S. The Bertz CT molecular complexity index is 607. The molecule has 1 aliphatic carbocycles. The van der Waals surface area contributed by atoms with Crippen molar-refractivity contribution in [3.8, 4) is 0 Å². The smallest absolute Gasteiger partial charge is 0.287 e. The first-order valence-corrected chi connectivity index (χ1v) is 6.46. The fourth-order valence-corrected chi connectivity index (χ4v) is 2.70. The quantitative estimate of drug-likeness (QED) is 0.778. The Morgan fingerprint density at radius 2 is 1.88 bits per heavy atom. The number of ketones is 1. The second kappa shape index (κ2) is 3.32. The van der Waals surface area contributed by atoms with Gasteiger partial charge in [-0.1, -0.05) is 12.1 Å². The van der Waals surface area contributed by atoms with E-state index in [1.54, 1.807) is 0 Å². The Morgan fingerprint density at radius 3 is 2.41 bits per heavy atom. The van der Waals surface area contributed by atoms with Crippen LogP contribution >= 0.6 is 0 Å². The van der Waals surface area contributed by atoms with Gasteiger partial charge in [-0.25, -0.2) is 12.8 Å². The molecule has 0 radical (unpaired) electrons. The monoisotopic (exact) mass is 264 g/mol. The average molecular weight is 264 g/mol. The molecule has 1 aliphatic rings. The second-order valence-corrected chi connectivity index (χ2v) is 5.79. The van der Waals surface area contributed by atoms with Gasteiger partial charge >= 0.3 is 5.92 Å². The minimum atomic E-state index is -4.19. The summed E-state index contributed by atoms with van der Waals surface area (Å²) in [6.45, 7) is 0. The highest BCUT2D eigenvalue weighted by Gasteiger charge is 2.57. The van der Waals surface area contributed by atoms with E-state index >= 15 is 0 Å². The summed E-state index contributed by atoms with van der Waals surface area (Å²) in [5.74, 6) is -5.97. The van der Waals surface area contributed by atoms with Gasteiger partial charge in [0.05, 0.1) is 4.90 Å². The Morgan fingerprint density at radius 1 is 1.29 bits per heavy atom. The van der Waals surface area contributed by atoms with E-state index in [9.17, 15) is 26.4 Å². The van der Waals surface area contributed by atoms with Crippen LogP contribution in [0.5, 0.6) is 0 Å². The molecule has 0 saturated carbocycles. The van der Waals surface area contributed by atoms with Crippen LogP contribution in [-0.2, 0) is 9.84 Å². The lowest BCUT2D eigenvalue weighted by molar-refractivity contribution is -0.0364. The largest absolute Gasteiger partial charge is 0.344 e. The third kappa shape index (κ3) is 1.56. The standard InChI is InChI=1S/C10H7F3O3S/c1-17(15,16)6-4-2-3-5-7(6)9(14)10(12,13)8(5)11/h2-4,8H,1H3/t8-/m1/s1. The molecule has 92 valence electrons. The third-order valence-corrected chi connectivity index (χ3v) is 3.72. The van der Waals surface area contributed by atoms with E-state index in [2.05, 4.69) is 0 Å². The zero-order valence-corrected chi connectivity index (χ0v) is 9.39. The fourth-order valence-electron chi connectivity index (χ4n) is 1.79. The van der Waals surface area contributed by atoms with E-state index < -0.39 is 43.7 Å². The summed E-state index contributed by atoms with van der Waals surface area (Å²) in [5, 5.41) is 0. The van der Waals surface area contributed by atoms with Crippen molar-refractivity contribution in [2.24, 2.45) is 0 Å². The molecule has 17 heavy (non-hydrogen) atoms. The summed E-state index contributed by atoms with van der Waals surface area (Å²) in [5.41, 5.74) is -1.30. The molecule has 0 saturated heterocycles. The van der Waals surface area contributed by atoms with Crippen LogP contribution in [-0.4, -0.2) is 26.4 Å². The lowest BCUT2D eigenvalue weighted by atomic mass is 10.1. The van der Waals surface area contributed by atoms with Crippen LogP contribution in [0, 0.1) is 0 Å². The Hall–Kier alpha value is -1.37. The number of carbonyl (C=O) groups is 1. The van der Waals surface area contributed by atoms with Gasteiger partial charge in [0, 0.05) is 17.4 Å². The molecule has 0 bridgehead atoms. The molecule has 2 rings (SSSR count). The van der Waals surface area contributed by atoms with Gasteiger partial charge in [-0.2, -0.15) is 8.78 Å². The van der Waals surface area contributed by atoms with E-state index in [0.29, 0.717) is 0 Å². The summed E-state index contributed by atoms with van der Waals surface area (Å²) in [4.78, 5) is 10.8. The number of Topliss-reactive ketones (excluding diaryl/α,β-unsaturated/α-hetero) is 1. The first-order valence-electron chi connectivity index (χ1n) is 4.57. The van der Waals surface area contributed by atoms with E-state index in [1.807, 2.05) is 0 Å². The van der Waals surface area contributed by atoms with Crippen LogP contribution in [0.1, 0.15) is 22.1 Å². The molecule has 0 aliphatic heterocycles. The predicted octanol–water partition coefficient (Wildman–Crippen LogP) is 1.93. The SMILES string of the molecule is CS(=O)(=O)c1cccc2c1C(=O)C(F)(F)[C@@H]2F. The zero-order chi connectivity index (χ0) is 13.0. The lowest BCUT2D eigenvalue weighted by Gasteiger charge is -2.08. The number of hydrogen-bond acceptors (Lipinski definition) is 3. The Balaban J connectivity index is 2.81. The third-order valence-electron chi connectivity index (χ3n) is 2.58. The highest BCUT2D eigenvalue weighted by Crippen LogP contribution is 2.47. The number of alkyl halides is 3. The lowest BCUT2D eigenvalue weighted by Crippen LogP contribution is -2.26. The highest BCUT2D eigenvalue weighted by atomic mass is 32.2. The minimum absolute atomic E-state index is 0.556. The fraction of sp³-hybridized carbons (Fsp3) is 0.300. The summed E-state index contributed by atoms with van der Waals surface area (Å²) in [7, 11) is -3.86. The minimum Gasteiger partial charge on any atom is -0.287 e. The van der Waals surface area contributed by atoms with Crippen LogP contribution in [0.3, 0.4) is 0 Å². The summed E-state index contributed by atoms with van der Waals surface area (Å²) in [6.07, 6.45) is -2.01. The number of sulfone groups is 1. The van der Waals surface area contributed by atoms with Crippen LogP contribution in [0.2, 0.25) is 0 Å². The normalized spacial score (nSPS) is 22.6. The van der Waals surface area contributed by atoms with Crippen molar-refractivity contribution in [1.29, 1.82) is 0 Å². The maximum absolute atomic E-state index is 13.3. The van der Waals surface area contributed by atoms with Crippen molar-refractivity contribution in [1.82, 2.24) is 0 Å². The summed E-state index contributed by atoms with van der Waals surface area (Å²) >= 11 is 0. The molecule has 0 unspecified atom stereocenters. The molecule has 1 atom stereocenters. The van der Waals surface area contributed by atoms with E-state index in [0.717, 1.165) is 24.5 Å². The maximum atomic E-state index is 13.3. The second-order valence-electron chi connectivity index (χ2n) is 3.81. The molecule has 0 spiro atoms. The number of fused-ring (bicyclic) bond motifs is 1. The number of rotatable bonds is 1. The molecule has 1 aromatic rings.